The molecule has 0 spiro atoms. The maximum Gasteiger partial charge on any atom is 0.149 e. The third-order valence-electron chi connectivity index (χ3n) is 5.41. The fraction of sp³-hybridized carbons (Fsp3) is 0.391. The molecule has 0 radical (unpaired) electrons. The van der Waals surface area contributed by atoms with E-state index in [4.69, 9.17) is 4.74 Å². The van der Waals surface area contributed by atoms with Crippen molar-refractivity contribution in [3.05, 3.63) is 52.7 Å². The van der Waals surface area contributed by atoms with Crippen LogP contribution in [0.4, 0.5) is 10.1 Å². The molecule has 1 aliphatic carbocycles. The molecular formula is C23H26FNOS2. The summed E-state index contributed by atoms with van der Waals surface area (Å²) in [5, 5.41) is 0.978. The smallest absolute Gasteiger partial charge is 0.149 e. The number of hydrogen-bond acceptors (Lipinski definition) is 3. The molecule has 2 nitrogen and oxygen atoms in total. The number of benzene rings is 1. The van der Waals surface area contributed by atoms with Gasteiger partial charge in [-0.25, -0.2) is 4.39 Å². The Kier molecular flexibility index (Phi) is 5.59. The molecule has 28 heavy (non-hydrogen) atoms. The first-order chi connectivity index (χ1) is 13.5. The summed E-state index contributed by atoms with van der Waals surface area (Å²) >= 11 is 1.72. The number of anilines is 1. The minimum atomic E-state index is -0.204. The molecule has 148 valence electrons. The summed E-state index contributed by atoms with van der Waals surface area (Å²) in [5.41, 5.74) is 3.76. The van der Waals surface area contributed by atoms with E-state index < -0.39 is 0 Å². The molecule has 0 bridgehead atoms. The van der Waals surface area contributed by atoms with E-state index in [1.165, 1.54) is 46.1 Å². The lowest BCUT2D eigenvalue weighted by molar-refractivity contribution is 0.416. The van der Waals surface area contributed by atoms with E-state index in [0.29, 0.717) is 12.0 Å². The predicted octanol–water partition coefficient (Wildman–Crippen LogP) is 6.52. The highest BCUT2D eigenvalue weighted by molar-refractivity contribution is 7.98. The van der Waals surface area contributed by atoms with Crippen LogP contribution in [0.3, 0.4) is 0 Å². The van der Waals surface area contributed by atoms with Gasteiger partial charge in [0.05, 0.1) is 15.6 Å². The van der Waals surface area contributed by atoms with Gasteiger partial charge in [0.25, 0.3) is 0 Å². The van der Waals surface area contributed by atoms with Gasteiger partial charge in [0.15, 0.2) is 0 Å². The highest BCUT2D eigenvalue weighted by Crippen LogP contribution is 2.42. The number of fused-ring (bicyclic) bond motifs is 1. The molecule has 5 heteroatoms. The highest BCUT2D eigenvalue weighted by atomic mass is 32.1. The Labute approximate surface area is 174 Å². The van der Waals surface area contributed by atoms with Crippen molar-refractivity contribution in [3.63, 3.8) is 0 Å². The number of thiophene rings is 1. The number of nitrogens with zero attached hydrogens (tertiary/aromatic N) is 1. The van der Waals surface area contributed by atoms with Crippen LogP contribution in [0.5, 0.6) is 0 Å². The van der Waals surface area contributed by atoms with Crippen LogP contribution in [0.2, 0.25) is 0 Å². The summed E-state index contributed by atoms with van der Waals surface area (Å²) in [6, 6.07) is 9.37. The van der Waals surface area contributed by atoms with Crippen LogP contribution in [0.25, 0.3) is 10.4 Å². The summed E-state index contributed by atoms with van der Waals surface area (Å²) in [5.74, 6) is 0.327. The summed E-state index contributed by atoms with van der Waals surface area (Å²) in [7, 11) is 3.55. The van der Waals surface area contributed by atoms with Gasteiger partial charge in [-0.3, -0.25) is 0 Å². The average molecular weight is 416 g/mol. The molecule has 0 saturated carbocycles. The Morgan fingerprint density at radius 3 is 2.57 bits per heavy atom. The summed E-state index contributed by atoms with van der Waals surface area (Å²) < 4.78 is 19.2. The quantitative estimate of drug-likeness (QED) is 0.418. The van der Waals surface area contributed by atoms with Crippen molar-refractivity contribution in [1.82, 2.24) is 0 Å². The third kappa shape index (κ3) is 3.63. The van der Waals surface area contributed by atoms with Crippen molar-refractivity contribution in [2.45, 2.75) is 46.1 Å². The number of allylic oxidation sites excluding steroid dienone is 2. The first-order valence-electron chi connectivity index (χ1n) is 9.78. The zero-order chi connectivity index (χ0) is 19.8. The van der Waals surface area contributed by atoms with Crippen LogP contribution >= 0.6 is 22.3 Å². The lowest BCUT2D eigenvalue weighted by Crippen LogP contribution is -2.42. The van der Waals surface area contributed by atoms with E-state index in [0.717, 1.165) is 21.9 Å². The Morgan fingerprint density at radius 2 is 1.96 bits per heavy atom. The molecule has 1 aromatic carbocycles. The van der Waals surface area contributed by atoms with Crippen LogP contribution in [0.1, 0.15) is 44.9 Å². The Hall–Kier alpha value is -1.69. The van der Waals surface area contributed by atoms with Crippen molar-refractivity contribution in [2.75, 3.05) is 12.0 Å². The fourth-order valence-corrected chi connectivity index (χ4v) is 6.49. The molecule has 1 atom stereocenters. The van der Waals surface area contributed by atoms with Crippen molar-refractivity contribution >= 4 is 38.0 Å². The molecule has 2 heterocycles. The van der Waals surface area contributed by atoms with E-state index in [-0.39, 0.29) is 5.82 Å². The molecule has 0 saturated heterocycles. The molecular weight excluding hydrogens is 389 g/mol. The minimum absolute atomic E-state index is 0.204. The molecule has 0 fully saturated rings. The van der Waals surface area contributed by atoms with Gasteiger partial charge in [-0.15, -0.1) is 11.3 Å². The Bertz CT molecular complexity index is 981. The standard InChI is InChI=1S/C23H26FNOS2/c1-14(2)25-19-13-20(16-9-11-18(24)12-10-16)27-21(19)23(26-4)28-22(25)17-7-5-15(3)6-8-17/h5,9-14,17H,6-8H2,1-4H3. The lowest BCUT2D eigenvalue weighted by atomic mass is 9.89. The van der Waals surface area contributed by atoms with Gasteiger partial charge in [-0.1, -0.05) is 34.7 Å². The molecule has 1 aliphatic heterocycles. The van der Waals surface area contributed by atoms with Crippen LogP contribution < -0.4 is 4.90 Å². The fourth-order valence-electron chi connectivity index (χ4n) is 3.91. The predicted molar refractivity (Wildman–Crippen MR) is 122 cm³/mol. The number of hydrogen-bond donors (Lipinski definition) is 0. The number of halogens is 1. The number of rotatable bonds is 3. The van der Waals surface area contributed by atoms with Gasteiger partial charge in [0, 0.05) is 23.9 Å². The van der Waals surface area contributed by atoms with Crippen molar-refractivity contribution in [3.8, 4) is 10.4 Å². The van der Waals surface area contributed by atoms with Crippen LogP contribution in [0.15, 0.2) is 42.0 Å². The maximum absolute atomic E-state index is 13.4. The first kappa shape index (κ1) is 19.6. The normalized spacial score (nSPS) is 19.6. The summed E-state index contributed by atoms with van der Waals surface area (Å²) in [6.45, 7) is 6.73. The van der Waals surface area contributed by atoms with Gasteiger partial charge < -0.3 is 9.64 Å². The average Bonchev–Trinajstić information content (AvgIpc) is 3.12. The molecule has 4 rings (SSSR count). The van der Waals surface area contributed by atoms with Crippen LogP contribution in [-0.2, 0) is 4.74 Å². The van der Waals surface area contributed by atoms with E-state index in [1.54, 1.807) is 29.4 Å². The number of methoxy groups -OCH3 is 1. The summed E-state index contributed by atoms with van der Waals surface area (Å²) in [4.78, 5) is 6.20. The molecule has 1 aromatic heterocycles. The van der Waals surface area contributed by atoms with Gasteiger partial charge in [0.1, 0.15) is 10.9 Å². The molecule has 1 unspecified atom stereocenters. The zero-order valence-electron chi connectivity index (χ0n) is 16.8. The molecule has 2 aliphatic rings. The minimum Gasteiger partial charge on any atom is -0.338 e. The van der Waals surface area contributed by atoms with Crippen molar-refractivity contribution in [2.24, 2.45) is 5.92 Å². The third-order valence-corrected chi connectivity index (χ3v) is 8.01. The van der Waals surface area contributed by atoms with E-state index >= 15 is 0 Å². The first-order valence-corrected chi connectivity index (χ1v) is 11.4. The van der Waals surface area contributed by atoms with Crippen LogP contribution in [-0.4, -0.2) is 23.2 Å². The number of ether oxygens (including phenoxy) is 1. The second kappa shape index (κ2) is 7.97. The van der Waals surface area contributed by atoms with Gasteiger partial charge in [0.2, 0.25) is 0 Å². The maximum atomic E-state index is 13.4. The Morgan fingerprint density at radius 1 is 1.21 bits per heavy atom. The van der Waals surface area contributed by atoms with Gasteiger partial charge >= 0.3 is 0 Å². The Balaban J connectivity index is 1.80. The lowest BCUT2D eigenvalue weighted by Gasteiger charge is -2.37. The second-order valence-corrected chi connectivity index (χ2v) is 9.79. The zero-order valence-corrected chi connectivity index (χ0v) is 18.4. The van der Waals surface area contributed by atoms with E-state index in [1.807, 2.05) is 12.1 Å². The molecule has 2 aromatic rings. The largest absolute Gasteiger partial charge is 0.338 e. The monoisotopic (exact) mass is 415 g/mol. The van der Waals surface area contributed by atoms with E-state index in [2.05, 4.69) is 37.8 Å². The SMILES string of the molecule is COC1=S=C(C2CC=C(C)CC2)N(C(C)C)c2cc(-c3ccc(F)cc3)sc21. The second-order valence-electron chi connectivity index (χ2n) is 7.75. The van der Waals surface area contributed by atoms with Gasteiger partial charge in [-0.05, 0) is 63.8 Å². The van der Waals surface area contributed by atoms with Crippen molar-refractivity contribution < 1.29 is 9.13 Å². The van der Waals surface area contributed by atoms with Crippen molar-refractivity contribution in [1.29, 1.82) is 0 Å². The topological polar surface area (TPSA) is 12.5 Å². The van der Waals surface area contributed by atoms with Crippen LogP contribution in [0, 0.1) is 11.7 Å². The van der Waals surface area contributed by atoms with E-state index in [9.17, 15) is 4.39 Å². The molecule has 0 N–H and O–H groups in total. The summed E-state index contributed by atoms with van der Waals surface area (Å²) in [6.07, 6.45) is 5.84. The highest BCUT2D eigenvalue weighted by Gasteiger charge is 2.32. The molecule has 0 amide bonds. The van der Waals surface area contributed by atoms with Gasteiger partial charge in [-0.2, -0.15) is 0 Å².